The zero-order valence-electron chi connectivity index (χ0n) is 9.48. The minimum absolute atomic E-state index is 0.0195. The molecule has 18 heavy (non-hydrogen) atoms. The van der Waals surface area contributed by atoms with E-state index in [0.29, 0.717) is 12.3 Å². The van der Waals surface area contributed by atoms with Crippen molar-refractivity contribution in [2.45, 2.75) is 13.0 Å². The molecule has 0 atom stereocenters. The van der Waals surface area contributed by atoms with Gasteiger partial charge in [0.2, 0.25) is 5.76 Å². The van der Waals surface area contributed by atoms with Crippen molar-refractivity contribution in [1.29, 1.82) is 0 Å². The minimum atomic E-state index is -1.04. The Labute approximate surface area is 117 Å². The maximum absolute atomic E-state index is 10.6. The number of carboxylic acid groups (broad SMARTS) is 1. The number of carbonyl (C=O) groups is 1. The van der Waals surface area contributed by atoms with Crippen molar-refractivity contribution in [2.24, 2.45) is 0 Å². The summed E-state index contributed by atoms with van der Waals surface area (Å²) in [6.07, 6.45) is 0.947. The lowest BCUT2D eigenvalue weighted by Crippen LogP contribution is -2.15. The summed E-state index contributed by atoms with van der Waals surface area (Å²) in [5, 5.41) is 11.9. The van der Waals surface area contributed by atoms with Gasteiger partial charge in [-0.3, -0.25) is 0 Å². The van der Waals surface area contributed by atoms with Gasteiger partial charge >= 0.3 is 5.97 Å². The molecule has 2 rings (SSSR count). The highest BCUT2D eigenvalue weighted by molar-refractivity contribution is 9.11. The lowest BCUT2D eigenvalue weighted by molar-refractivity contribution is 0.0660. The van der Waals surface area contributed by atoms with Crippen LogP contribution in [0.1, 0.15) is 21.2 Å². The fourth-order valence-corrected chi connectivity index (χ4v) is 2.98. The molecule has 0 radical (unpaired) electrons. The Hall–Kier alpha value is -1.11. The first-order valence-electron chi connectivity index (χ1n) is 5.42. The number of hydrogen-bond acceptors (Lipinski definition) is 4. The van der Waals surface area contributed by atoms with E-state index in [1.54, 1.807) is 17.4 Å². The van der Waals surface area contributed by atoms with Gasteiger partial charge in [-0.2, -0.15) is 0 Å². The highest BCUT2D eigenvalue weighted by Gasteiger charge is 2.08. The first-order valence-corrected chi connectivity index (χ1v) is 7.03. The van der Waals surface area contributed by atoms with Crippen LogP contribution >= 0.6 is 27.3 Å². The lowest BCUT2D eigenvalue weighted by Gasteiger charge is -2.00. The third-order valence-electron chi connectivity index (χ3n) is 2.35. The van der Waals surface area contributed by atoms with E-state index in [-0.39, 0.29) is 5.76 Å². The number of thiophene rings is 1. The van der Waals surface area contributed by atoms with Gasteiger partial charge in [-0.15, -0.1) is 11.3 Å². The standard InChI is InChI=1S/C12H12BrNO3S/c13-11-4-2-9(18-11)5-6-14-7-8-1-3-10(17-8)12(15)16/h1-4,14H,5-7H2,(H,15,16). The molecule has 0 saturated carbocycles. The second kappa shape index (κ2) is 6.17. The molecule has 6 heteroatoms. The van der Waals surface area contributed by atoms with Gasteiger partial charge in [0, 0.05) is 11.4 Å². The second-order valence-electron chi connectivity index (χ2n) is 3.70. The summed E-state index contributed by atoms with van der Waals surface area (Å²) in [5.41, 5.74) is 0. The molecule has 0 bridgehead atoms. The van der Waals surface area contributed by atoms with Crippen LogP contribution in [0, 0.1) is 0 Å². The number of halogens is 1. The largest absolute Gasteiger partial charge is 0.475 e. The molecule has 0 aliphatic heterocycles. The first-order chi connectivity index (χ1) is 8.65. The van der Waals surface area contributed by atoms with Gasteiger partial charge in [0.05, 0.1) is 10.3 Å². The van der Waals surface area contributed by atoms with Gasteiger partial charge in [0.1, 0.15) is 5.76 Å². The Morgan fingerprint density at radius 1 is 1.39 bits per heavy atom. The number of hydrogen-bond donors (Lipinski definition) is 2. The average Bonchev–Trinajstić information content (AvgIpc) is 2.93. The van der Waals surface area contributed by atoms with Crippen LogP contribution in [0.2, 0.25) is 0 Å². The van der Waals surface area contributed by atoms with Crippen LogP contribution in [0.4, 0.5) is 0 Å². The van der Waals surface area contributed by atoms with Crippen molar-refractivity contribution in [3.8, 4) is 0 Å². The molecule has 0 saturated heterocycles. The summed E-state index contributed by atoms with van der Waals surface area (Å²) in [5.74, 6) is -0.418. The van der Waals surface area contributed by atoms with E-state index >= 15 is 0 Å². The molecule has 0 fully saturated rings. The van der Waals surface area contributed by atoms with Crippen LogP contribution in [-0.4, -0.2) is 17.6 Å². The monoisotopic (exact) mass is 329 g/mol. The summed E-state index contributed by atoms with van der Waals surface area (Å²) in [6, 6.07) is 7.27. The number of rotatable bonds is 6. The molecule has 2 heterocycles. The molecular formula is C12H12BrNO3S. The molecule has 2 N–H and O–H groups in total. The van der Waals surface area contributed by atoms with Crippen LogP contribution in [0.3, 0.4) is 0 Å². The Morgan fingerprint density at radius 3 is 2.83 bits per heavy atom. The maximum atomic E-state index is 10.6. The van der Waals surface area contributed by atoms with Gasteiger partial charge in [-0.25, -0.2) is 4.79 Å². The smallest absolute Gasteiger partial charge is 0.371 e. The predicted molar refractivity (Wildman–Crippen MR) is 73.1 cm³/mol. The first kappa shape index (κ1) is 13.3. The molecule has 0 aliphatic rings. The fourth-order valence-electron chi connectivity index (χ4n) is 1.50. The summed E-state index contributed by atoms with van der Waals surface area (Å²) in [4.78, 5) is 11.9. The highest BCUT2D eigenvalue weighted by Crippen LogP contribution is 2.22. The number of furan rings is 1. The zero-order chi connectivity index (χ0) is 13.0. The van der Waals surface area contributed by atoms with Crippen molar-refractivity contribution in [3.05, 3.63) is 44.4 Å². The van der Waals surface area contributed by atoms with Gasteiger partial charge in [-0.1, -0.05) is 0 Å². The van der Waals surface area contributed by atoms with E-state index in [1.807, 2.05) is 6.07 Å². The molecule has 2 aromatic heterocycles. The Balaban J connectivity index is 1.73. The predicted octanol–water partition coefficient (Wildman–Crippen LogP) is 3.13. The van der Waals surface area contributed by atoms with Gasteiger partial charge in [0.15, 0.2) is 0 Å². The number of carboxylic acids is 1. The van der Waals surface area contributed by atoms with E-state index in [9.17, 15) is 4.79 Å². The van der Waals surface area contributed by atoms with Crippen molar-refractivity contribution >= 4 is 33.2 Å². The zero-order valence-corrected chi connectivity index (χ0v) is 11.9. The van der Waals surface area contributed by atoms with Crippen LogP contribution in [0.15, 0.2) is 32.5 Å². The van der Waals surface area contributed by atoms with E-state index in [4.69, 9.17) is 9.52 Å². The molecule has 96 valence electrons. The summed E-state index contributed by atoms with van der Waals surface area (Å²) < 4.78 is 6.27. The minimum Gasteiger partial charge on any atom is -0.475 e. The van der Waals surface area contributed by atoms with Crippen LogP contribution in [-0.2, 0) is 13.0 Å². The molecule has 4 nitrogen and oxygen atoms in total. The van der Waals surface area contributed by atoms with Crippen molar-refractivity contribution in [2.75, 3.05) is 6.54 Å². The molecule has 0 aliphatic carbocycles. The normalized spacial score (nSPS) is 10.7. The topological polar surface area (TPSA) is 62.5 Å². The quantitative estimate of drug-likeness (QED) is 0.799. The third kappa shape index (κ3) is 3.69. The maximum Gasteiger partial charge on any atom is 0.371 e. The number of nitrogens with one attached hydrogen (secondary N) is 1. The van der Waals surface area contributed by atoms with Crippen LogP contribution in [0.25, 0.3) is 0 Å². The Bertz CT molecular complexity index is 535. The molecular weight excluding hydrogens is 318 g/mol. The molecule has 0 aromatic carbocycles. The van der Waals surface area contributed by atoms with Gasteiger partial charge in [-0.05, 0) is 46.6 Å². The summed E-state index contributed by atoms with van der Waals surface area (Å²) in [6.45, 7) is 1.37. The third-order valence-corrected chi connectivity index (χ3v) is 4.03. The SMILES string of the molecule is O=C(O)c1ccc(CNCCc2ccc(Br)s2)o1. The van der Waals surface area contributed by atoms with E-state index < -0.39 is 5.97 Å². The molecule has 2 aromatic rings. The average molecular weight is 330 g/mol. The van der Waals surface area contributed by atoms with Crippen LogP contribution < -0.4 is 5.32 Å². The Kier molecular flexibility index (Phi) is 4.57. The highest BCUT2D eigenvalue weighted by atomic mass is 79.9. The fraction of sp³-hybridized carbons (Fsp3) is 0.250. The van der Waals surface area contributed by atoms with Crippen LogP contribution in [0.5, 0.6) is 0 Å². The van der Waals surface area contributed by atoms with Gasteiger partial charge < -0.3 is 14.8 Å². The van der Waals surface area contributed by atoms with E-state index in [2.05, 4.69) is 27.3 Å². The molecule has 0 amide bonds. The molecule has 0 spiro atoms. The van der Waals surface area contributed by atoms with Crippen molar-refractivity contribution < 1.29 is 14.3 Å². The second-order valence-corrected chi connectivity index (χ2v) is 6.25. The summed E-state index contributed by atoms with van der Waals surface area (Å²) >= 11 is 5.14. The molecule has 0 unspecified atom stereocenters. The van der Waals surface area contributed by atoms with E-state index in [1.165, 1.54) is 10.9 Å². The van der Waals surface area contributed by atoms with E-state index in [0.717, 1.165) is 16.8 Å². The number of aromatic carboxylic acids is 1. The lowest BCUT2D eigenvalue weighted by atomic mass is 10.3. The Morgan fingerprint density at radius 2 is 2.22 bits per heavy atom. The van der Waals surface area contributed by atoms with Crippen molar-refractivity contribution in [1.82, 2.24) is 5.32 Å². The van der Waals surface area contributed by atoms with Crippen molar-refractivity contribution in [3.63, 3.8) is 0 Å². The van der Waals surface area contributed by atoms with Gasteiger partial charge in [0.25, 0.3) is 0 Å². The summed E-state index contributed by atoms with van der Waals surface area (Å²) in [7, 11) is 0.